The van der Waals surface area contributed by atoms with Crippen molar-refractivity contribution in [3.63, 3.8) is 0 Å². The number of aromatic nitrogens is 1. The van der Waals surface area contributed by atoms with Gasteiger partial charge in [0, 0.05) is 11.3 Å². The number of carbonyl (C=O) groups excluding carboxylic acids is 1. The Hall–Kier alpha value is -2.57. The smallest absolute Gasteiger partial charge is 0.363 e. The van der Waals surface area contributed by atoms with Gasteiger partial charge in [-0.3, -0.25) is 4.79 Å². The van der Waals surface area contributed by atoms with E-state index in [0.717, 1.165) is 6.08 Å². The summed E-state index contributed by atoms with van der Waals surface area (Å²) in [5.74, 6) is -0.407. The number of amides is 1. The molecule has 0 spiro atoms. The Bertz CT molecular complexity index is 630. The van der Waals surface area contributed by atoms with E-state index in [1.165, 1.54) is 24.3 Å². The van der Waals surface area contributed by atoms with Crippen molar-refractivity contribution in [2.24, 2.45) is 0 Å². The Morgan fingerprint density at radius 1 is 1.30 bits per heavy atom. The number of carbonyl (C=O) groups is 1. The molecular formula is C13H9F3N2O2. The first-order valence-electron chi connectivity index (χ1n) is 5.47. The lowest BCUT2D eigenvalue weighted by Gasteiger charge is -2.06. The van der Waals surface area contributed by atoms with Gasteiger partial charge in [-0.2, -0.15) is 13.2 Å². The molecule has 20 heavy (non-hydrogen) atoms. The van der Waals surface area contributed by atoms with Gasteiger partial charge in [0.2, 0.25) is 5.91 Å². The number of rotatable bonds is 3. The molecule has 2 rings (SSSR count). The van der Waals surface area contributed by atoms with E-state index in [1.54, 1.807) is 0 Å². The van der Waals surface area contributed by atoms with Gasteiger partial charge in [0.05, 0.1) is 0 Å². The van der Waals surface area contributed by atoms with Gasteiger partial charge in [0.15, 0.2) is 0 Å². The third kappa shape index (κ3) is 2.87. The highest BCUT2D eigenvalue weighted by atomic mass is 19.4. The van der Waals surface area contributed by atoms with Gasteiger partial charge in [0.1, 0.15) is 17.5 Å². The number of nitrogens with one attached hydrogen (secondary N) is 1. The maximum atomic E-state index is 12.7. The minimum absolute atomic E-state index is 0.239. The number of halogens is 3. The van der Waals surface area contributed by atoms with Crippen molar-refractivity contribution < 1.29 is 22.5 Å². The summed E-state index contributed by atoms with van der Waals surface area (Å²) in [4.78, 5) is 11.1. The van der Waals surface area contributed by atoms with Crippen LogP contribution in [0.4, 0.5) is 18.9 Å². The van der Waals surface area contributed by atoms with Crippen molar-refractivity contribution in [1.29, 1.82) is 0 Å². The number of anilines is 1. The fourth-order valence-corrected chi connectivity index (χ4v) is 1.55. The normalized spacial score (nSPS) is 11.2. The van der Waals surface area contributed by atoms with E-state index in [1.807, 2.05) is 0 Å². The molecular weight excluding hydrogens is 273 g/mol. The number of hydrogen-bond acceptors (Lipinski definition) is 3. The summed E-state index contributed by atoms with van der Waals surface area (Å²) in [6, 6.07) is 5.74. The fraction of sp³-hybridized carbons (Fsp3) is 0.0769. The second-order valence-electron chi connectivity index (χ2n) is 3.85. The molecule has 1 heterocycles. The Labute approximate surface area is 111 Å². The van der Waals surface area contributed by atoms with E-state index in [2.05, 4.69) is 21.6 Å². The van der Waals surface area contributed by atoms with Crippen molar-refractivity contribution in [2.45, 2.75) is 6.18 Å². The van der Waals surface area contributed by atoms with Crippen LogP contribution in [0.3, 0.4) is 0 Å². The van der Waals surface area contributed by atoms with Crippen LogP contribution in [0.25, 0.3) is 11.3 Å². The van der Waals surface area contributed by atoms with Gasteiger partial charge in [0.25, 0.3) is 0 Å². The second-order valence-corrected chi connectivity index (χ2v) is 3.85. The van der Waals surface area contributed by atoms with Gasteiger partial charge in [-0.25, -0.2) is 0 Å². The monoisotopic (exact) mass is 282 g/mol. The van der Waals surface area contributed by atoms with Crippen LogP contribution in [0, 0.1) is 0 Å². The third-order valence-corrected chi connectivity index (χ3v) is 2.49. The van der Waals surface area contributed by atoms with E-state index in [9.17, 15) is 18.0 Å². The molecule has 0 aliphatic rings. The number of nitrogens with zero attached hydrogens (tertiary/aromatic N) is 1. The van der Waals surface area contributed by atoms with Crippen LogP contribution in [0.1, 0.15) is 5.56 Å². The van der Waals surface area contributed by atoms with Crippen LogP contribution in [-0.4, -0.2) is 11.1 Å². The highest BCUT2D eigenvalue weighted by Crippen LogP contribution is 2.36. The molecule has 0 atom stereocenters. The Balaban J connectivity index is 2.29. The summed E-state index contributed by atoms with van der Waals surface area (Å²) >= 11 is 0. The molecule has 1 amide bonds. The van der Waals surface area contributed by atoms with E-state index in [-0.39, 0.29) is 11.3 Å². The molecule has 4 nitrogen and oxygen atoms in total. The predicted molar refractivity (Wildman–Crippen MR) is 65.8 cm³/mol. The van der Waals surface area contributed by atoms with Crippen LogP contribution >= 0.6 is 0 Å². The molecule has 104 valence electrons. The summed E-state index contributed by atoms with van der Waals surface area (Å²) in [7, 11) is 0. The van der Waals surface area contributed by atoms with Crippen LogP contribution in [-0.2, 0) is 11.0 Å². The molecule has 1 N–H and O–H groups in total. The third-order valence-electron chi connectivity index (χ3n) is 2.49. The average Bonchev–Trinajstić information content (AvgIpc) is 2.88. The lowest BCUT2D eigenvalue weighted by molar-refractivity contribution is -0.137. The molecule has 1 aromatic carbocycles. The summed E-state index contributed by atoms with van der Waals surface area (Å²) in [5, 5.41) is 5.85. The molecule has 0 bridgehead atoms. The minimum Gasteiger partial charge on any atom is -0.363 e. The summed E-state index contributed by atoms with van der Waals surface area (Å²) < 4.78 is 42.5. The Morgan fingerprint density at radius 3 is 2.50 bits per heavy atom. The topological polar surface area (TPSA) is 55.1 Å². The van der Waals surface area contributed by atoms with E-state index in [4.69, 9.17) is 0 Å². The molecule has 2 aromatic rings. The maximum absolute atomic E-state index is 12.7. The van der Waals surface area contributed by atoms with Gasteiger partial charge in [-0.15, -0.1) is 0 Å². The number of benzene rings is 1. The molecule has 0 saturated carbocycles. The lowest BCUT2D eigenvalue weighted by Crippen LogP contribution is -2.07. The standard InChI is InChI=1S/C13H9F3N2O2/c1-2-11(19)17-9-5-3-8(4-6-9)12-10(7-20-18-12)13(14,15)16/h2-7H,1H2,(H,17,19). The van der Waals surface area contributed by atoms with Crippen LogP contribution in [0.5, 0.6) is 0 Å². The SMILES string of the molecule is C=CC(=O)Nc1ccc(-c2nocc2C(F)(F)F)cc1. The molecule has 0 unspecified atom stereocenters. The molecule has 0 fully saturated rings. The van der Waals surface area contributed by atoms with Crippen molar-refractivity contribution in [3.05, 3.63) is 48.7 Å². The molecule has 1 aromatic heterocycles. The van der Waals surface area contributed by atoms with Gasteiger partial charge < -0.3 is 9.84 Å². The highest BCUT2D eigenvalue weighted by Gasteiger charge is 2.36. The summed E-state index contributed by atoms with van der Waals surface area (Å²) in [6.07, 6.45) is -2.89. The van der Waals surface area contributed by atoms with Crippen molar-refractivity contribution in [1.82, 2.24) is 5.16 Å². The predicted octanol–water partition coefficient (Wildman–Crippen LogP) is 3.48. The number of alkyl halides is 3. The van der Waals surface area contributed by atoms with Crippen molar-refractivity contribution in [3.8, 4) is 11.3 Å². The molecule has 7 heteroatoms. The summed E-state index contributed by atoms with van der Waals surface area (Å²) in [6.45, 7) is 3.29. The fourth-order valence-electron chi connectivity index (χ4n) is 1.55. The lowest BCUT2D eigenvalue weighted by atomic mass is 10.1. The largest absolute Gasteiger partial charge is 0.421 e. The zero-order valence-electron chi connectivity index (χ0n) is 10.1. The molecule has 0 aliphatic carbocycles. The van der Waals surface area contributed by atoms with Crippen LogP contribution in [0.2, 0.25) is 0 Å². The van der Waals surface area contributed by atoms with E-state index >= 15 is 0 Å². The average molecular weight is 282 g/mol. The molecule has 0 aliphatic heterocycles. The highest BCUT2D eigenvalue weighted by molar-refractivity contribution is 5.98. The first kappa shape index (κ1) is 13.9. The number of hydrogen-bond donors (Lipinski definition) is 1. The van der Waals surface area contributed by atoms with Crippen molar-refractivity contribution >= 4 is 11.6 Å². The van der Waals surface area contributed by atoms with Crippen LogP contribution in [0.15, 0.2) is 47.7 Å². The summed E-state index contributed by atoms with van der Waals surface area (Å²) in [5.41, 5.74) is -0.558. The zero-order chi connectivity index (χ0) is 14.8. The minimum atomic E-state index is -4.54. The molecule has 0 radical (unpaired) electrons. The first-order chi connectivity index (χ1) is 9.41. The van der Waals surface area contributed by atoms with Gasteiger partial charge in [-0.05, 0) is 18.2 Å². The van der Waals surface area contributed by atoms with Gasteiger partial charge in [-0.1, -0.05) is 23.9 Å². The van der Waals surface area contributed by atoms with Gasteiger partial charge >= 0.3 is 6.18 Å². The second kappa shape index (κ2) is 5.20. The first-order valence-corrected chi connectivity index (χ1v) is 5.47. The quantitative estimate of drug-likeness (QED) is 0.877. The Morgan fingerprint density at radius 2 is 1.95 bits per heavy atom. The van der Waals surface area contributed by atoms with Crippen LogP contribution < -0.4 is 5.32 Å². The van der Waals surface area contributed by atoms with E-state index in [0.29, 0.717) is 12.0 Å². The molecule has 0 saturated heterocycles. The van der Waals surface area contributed by atoms with Crippen molar-refractivity contribution in [2.75, 3.05) is 5.32 Å². The van der Waals surface area contributed by atoms with E-state index < -0.39 is 17.6 Å². The maximum Gasteiger partial charge on any atom is 0.421 e. The Kier molecular flexibility index (Phi) is 3.60. The zero-order valence-corrected chi connectivity index (χ0v) is 10.1.